The Morgan fingerprint density at radius 3 is 3.12 bits per heavy atom. The zero-order valence-corrected chi connectivity index (χ0v) is 9.06. The van der Waals surface area contributed by atoms with Crippen molar-refractivity contribution in [2.24, 2.45) is 5.92 Å². The van der Waals surface area contributed by atoms with Gasteiger partial charge in [-0.25, -0.2) is 4.68 Å². The van der Waals surface area contributed by atoms with Crippen LogP contribution in [0.5, 0.6) is 0 Å². The van der Waals surface area contributed by atoms with E-state index in [1.165, 1.54) is 7.11 Å². The molecule has 1 atom stereocenters. The van der Waals surface area contributed by atoms with Gasteiger partial charge in [-0.05, 0) is 6.92 Å². The number of aromatic nitrogens is 3. The van der Waals surface area contributed by atoms with E-state index in [2.05, 4.69) is 20.1 Å². The van der Waals surface area contributed by atoms with Crippen LogP contribution in [0.1, 0.15) is 12.2 Å². The second-order valence-electron chi connectivity index (χ2n) is 3.63. The number of ether oxygens (including phenoxy) is 1. The molecule has 1 aromatic heterocycles. The molecule has 1 aliphatic heterocycles. The van der Waals surface area contributed by atoms with Crippen molar-refractivity contribution in [3.05, 3.63) is 5.82 Å². The lowest BCUT2D eigenvalue weighted by Gasteiger charge is -2.20. The van der Waals surface area contributed by atoms with Gasteiger partial charge in [0.15, 0.2) is 0 Å². The second-order valence-corrected chi connectivity index (χ2v) is 3.63. The highest BCUT2D eigenvalue weighted by molar-refractivity contribution is 5.94. The molecule has 1 aromatic rings. The van der Waals surface area contributed by atoms with Crippen LogP contribution in [0, 0.1) is 12.8 Å². The number of carbonyl (C=O) groups excluding carboxylic acids is 2. The van der Waals surface area contributed by atoms with E-state index in [0.717, 1.165) is 0 Å². The van der Waals surface area contributed by atoms with Crippen molar-refractivity contribution in [2.75, 3.05) is 12.4 Å². The van der Waals surface area contributed by atoms with E-state index in [-0.39, 0.29) is 12.3 Å². The van der Waals surface area contributed by atoms with Crippen molar-refractivity contribution in [1.29, 1.82) is 0 Å². The van der Waals surface area contributed by atoms with Crippen LogP contribution in [0.15, 0.2) is 0 Å². The summed E-state index contributed by atoms with van der Waals surface area (Å²) in [6.45, 7) is 2.10. The Bertz CT molecular complexity index is 440. The van der Waals surface area contributed by atoms with Crippen molar-refractivity contribution in [3.8, 4) is 0 Å². The Labute approximate surface area is 91.8 Å². The number of rotatable bonds is 2. The quantitative estimate of drug-likeness (QED) is 0.698. The minimum atomic E-state index is -0.443. The van der Waals surface area contributed by atoms with Gasteiger partial charge < -0.3 is 4.74 Å². The first kappa shape index (κ1) is 10.6. The van der Waals surface area contributed by atoms with E-state index < -0.39 is 11.9 Å². The number of esters is 1. The van der Waals surface area contributed by atoms with Gasteiger partial charge in [0.1, 0.15) is 5.82 Å². The van der Waals surface area contributed by atoms with Gasteiger partial charge in [0.2, 0.25) is 11.9 Å². The molecule has 0 saturated carbocycles. The number of hydrogen-bond donors (Lipinski definition) is 1. The van der Waals surface area contributed by atoms with E-state index in [0.29, 0.717) is 18.3 Å². The molecule has 1 N–H and O–H groups in total. The second kappa shape index (κ2) is 3.92. The van der Waals surface area contributed by atoms with Gasteiger partial charge in [-0.2, -0.15) is 10.1 Å². The maximum atomic E-state index is 11.6. The van der Waals surface area contributed by atoms with Crippen LogP contribution in [0.3, 0.4) is 0 Å². The highest BCUT2D eigenvalue weighted by Gasteiger charge is 2.30. The summed E-state index contributed by atoms with van der Waals surface area (Å²) < 4.78 is 6.12. The third-order valence-corrected chi connectivity index (χ3v) is 2.42. The smallest absolute Gasteiger partial charge is 0.306 e. The highest BCUT2D eigenvalue weighted by Crippen LogP contribution is 2.19. The van der Waals surface area contributed by atoms with Crippen LogP contribution in [-0.4, -0.2) is 33.8 Å². The van der Waals surface area contributed by atoms with Crippen molar-refractivity contribution in [3.63, 3.8) is 0 Å². The number of nitrogens with one attached hydrogen (secondary N) is 1. The van der Waals surface area contributed by atoms with Gasteiger partial charge in [0.25, 0.3) is 0 Å². The summed E-state index contributed by atoms with van der Waals surface area (Å²) in [5.74, 6) is -0.0376. The van der Waals surface area contributed by atoms with Crippen LogP contribution < -0.4 is 5.32 Å². The Hall–Kier alpha value is -1.92. The molecule has 0 saturated heterocycles. The molecule has 0 fully saturated rings. The van der Waals surface area contributed by atoms with Gasteiger partial charge in [-0.15, -0.1) is 0 Å². The van der Waals surface area contributed by atoms with Gasteiger partial charge in [-0.1, -0.05) is 0 Å². The molecule has 0 aromatic carbocycles. The van der Waals surface area contributed by atoms with Crippen molar-refractivity contribution >= 4 is 17.8 Å². The largest absolute Gasteiger partial charge is 0.469 e. The van der Waals surface area contributed by atoms with Crippen LogP contribution in [0.4, 0.5) is 5.95 Å². The van der Waals surface area contributed by atoms with Crippen LogP contribution in [-0.2, 0) is 20.9 Å². The fourth-order valence-corrected chi connectivity index (χ4v) is 1.62. The number of nitrogens with zero attached hydrogens (tertiary/aromatic N) is 3. The molecule has 2 heterocycles. The number of hydrogen-bond acceptors (Lipinski definition) is 5. The highest BCUT2D eigenvalue weighted by atomic mass is 16.5. The minimum absolute atomic E-state index is 0.0562. The lowest BCUT2D eigenvalue weighted by Crippen LogP contribution is -2.35. The first-order valence-corrected chi connectivity index (χ1v) is 4.89. The third kappa shape index (κ3) is 1.88. The average molecular weight is 224 g/mol. The summed E-state index contributed by atoms with van der Waals surface area (Å²) in [4.78, 5) is 26.8. The average Bonchev–Trinajstić information content (AvgIpc) is 2.58. The lowest BCUT2D eigenvalue weighted by molar-refractivity contribution is -0.143. The zero-order chi connectivity index (χ0) is 11.7. The Morgan fingerprint density at radius 1 is 1.69 bits per heavy atom. The van der Waals surface area contributed by atoms with Crippen molar-refractivity contribution in [1.82, 2.24) is 14.8 Å². The fraction of sp³-hybridized carbons (Fsp3) is 0.556. The number of aryl methyl sites for hydroxylation is 1. The minimum Gasteiger partial charge on any atom is -0.469 e. The maximum absolute atomic E-state index is 11.6. The number of fused-ring (bicyclic) bond motifs is 1. The summed E-state index contributed by atoms with van der Waals surface area (Å²) >= 11 is 0. The van der Waals surface area contributed by atoms with E-state index in [4.69, 9.17) is 0 Å². The molecule has 0 unspecified atom stereocenters. The number of amides is 1. The monoisotopic (exact) mass is 224 g/mol. The SMILES string of the molecule is COC(=O)C[C@H]1Cn2nc(C)nc2NC1=O. The van der Waals surface area contributed by atoms with Crippen LogP contribution in [0.25, 0.3) is 0 Å². The molecule has 0 spiro atoms. The van der Waals surface area contributed by atoms with E-state index in [1.807, 2.05) is 0 Å². The molecule has 1 aliphatic rings. The normalized spacial score (nSPS) is 18.9. The van der Waals surface area contributed by atoms with Gasteiger partial charge in [0.05, 0.1) is 26.0 Å². The maximum Gasteiger partial charge on any atom is 0.306 e. The summed E-state index contributed by atoms with van der Waals surface area (Å²) in [5, 5.41) is 6.71. The predicted molar refractivity (Wildman–Crippen MR) is 53.5 cm³/mol. The molecule has 7 nitrogen and oxygen atoms in total. The third-order valence-electron chi connectivity index (χ3n) is 2.42. The van der Waals surface area contributed by atoms with E-state index in [9.17, 15) is 9.59 Å². The summed E-state index contributed by atoms with van der Waals surface area (Å²) in [6.07, 6.45) is 0.0562. The van der Waals surface area contributed by atoms with Gasteiger partial charge in [-0.3, -0.25) is 14.9 Å². The van der Waals surface area contributed by atoms with Gasteiger partial charge in [0, 0.05) is 0 Å². The van der Waals surface area contributed by atoms with E-state index in [1.54, 1.807) is 11.6 Å². The Balaban J connectivity index is 2.14. The molecule has 1 amide bonds. The Kier molecular flexibility index (Phi) is 2.59. The predicted octanol–water partition coefficient (Wildman–Crippen LogP) is -0.282. The van der Waals surface area contributed by atoms with Crippen LogP contribution >= 0.6 is 0 Å². The zero-order valence-electron chi connectivity index (χ0n) is 9.06. The summed E-state index contributed by atoms with van der Waals surface area (Å²) in [6, 6.07) is 0. The topological polar surface area (TPSA) is 86.1 Å². The Morgan fingerprint density at radius 2 is 2.44 bits per heavy atom. The lowest BCUT2D eigenvalue weighted by atomic mass is 10.0. The molecule has 2 rings (SSSR count). The fourth-order valence-electron chi connectivity index (χ4n) is 1.62. The number of methoxy groups -OCH3 is 1. The number of carbonyl (C=O) groups is 2. The molecular formula is C9H12N4O3. The van der Waals surface area contributed by atoms with Gasteiger partial charge >= 0.3 is 5.97 Å². The summed E-state index contributed by atoms with van der Waals surface area (Å²) in [7, 11) is 1.30. The molecule has 0 bridgehead atoms. The molecular weight excluding hydrogens is 212 g/mol. The van der Waals surface area contributed by atoms with Crippen molar-refractivity contribution < 1.29 is 14.3 Å². The molecule has 0 radical (unpaired) electrons. The summed E-state index contributed by atoms with van der Waals surface area (Å²) in [5.41, 5.74) is 0. The standard InChI is InChI=1S/C9H12N4O3/c1-5-10-9-11-8(15)6(3-7(14)16-2)4-13(9)12-5/h6H,3-4H2,1-2H3,(H,10,11,12,15)/t6-/m0/s1. The van der Waals surface area contributed by atoms with Crippen molar-refractivity contribution in [2.45, 2.75) is 19.9 Å². The molecule has 86 valence electrons. The number of anilines is 1. The first-order chi connectivity index (χ1) is 7.60. The molecule has 0 aliphatic carbocycles. The molecule has 7 heteroatoms. The van der Waals surface area contributed by atoms with E-state index >= 15 is 0 Å². The first-order valence-electron chi connectivity index (χ1n) is 4.89. The molecule has 16 heavy (non-hydrogen) atoms. The van der Waals surface area contributed by atoms with Crippen LogP contribution in [0.2, 0.25) is 0 Å².